The molecule has 1 aromatic carbocycles. The predicted octanol–water partition coefficient (Wildman–Crippen LogP) is 1.96. The number of rotatable bonds is 3. The van der Waals surface area contributed by atoms with Gasteiger partial charge in [0.05, 0.1) is 5.02 Å². The summed E-state index contributed by atoms with van der Waals surface area (Å²) in [6, 6.07) is 4.44. The lowest BCUT2D eigenvalue weighted by Gasteiger charge is -2.17. The molecule has 0 saturated carbocycles. The van der Waals surface area contributed by atoms with Crippen molar-refractivity contribution < 1.29 is 8.42 Å². The van der Waals surface area contributed by atoms with Crippen LogP contribution in [0.1, 0.15) is 6.42 Å². The number of nitrogens with two attached hydrogens (primary N) is 1. The minimum Gasteiger partial charge on any atom is -0.330 e. The van der Waals surface area contributed by atoms with Crippen LogP contribution in [-0.4, -0.2) is 32.4 Å². The number of hydrogen-bond acceptors (Lipinski definition) is 3. The third kappa shape index (κ3) is 2.65. The molecule has 2 rings (SSSR count). The molecule has 2 N–H and O–H groups in total. The summed E-state index contributed by atoms with van der Waals surface area (Å²) in [5, 5.41) is 0.545. The molecule has 0 radical (unpaired) electrons. The molecule has 0 bridgehead atoms. The number of halogens is 2. The fourth-order valence-corrected chi connectivity index (χ4v) is 4.29. The van der Waals surface area contributed by atoms with E-state index in [4.69, 9.17) is 28.9 Å². The number of hydrogen-bond donors (Lipinski definition) is 1. The maximum Gasteiger partial charge on any atom is 0.244 e. The molecule has 0 unspecified atom stereocenters. The minimum absolute atomic E-state index is 0.0642. The number of sulfonamides is 1. The average molecular weight is 309 g/mol. The first-order chi connectivity index (χ1) is 8.45. The van der Waals surface area contributed by atoms with Gasteiger partial charge in [0.1, 0.15) is 4.90 Å². The van der Waals surface area contributed by atoms with E-state index in [0.29, 0.717) is 24.7 Å². The third-order valence-electron chi connectivity index (χ3n) is 3.09. The summed E-state index contributed by atoms with van der Waals surface area (Å²) in [6.45, 7) is 1.42. The molecule has 0 amide bonds. The monoisotopic (exact) mass is 308 g/mol. The van der Waals surface area contributed by atoms with Crippen molar-refractivity contribution >= 4 is 33.2 Å². The van der Waals surface area contributed by atoms with E-state index >= 15 is 0 Å². The molecule has 0 spiro atoms. The van der Waals surface area contributed by atoms with Gasteiger partial charge in [-0.25, -0.2) is 8.42 Å². The highest BCUT2D eigenvalue weighted by Gasteiger charge is 2.33. The van der Waals surface area contributed by atoms with Crippen molar-refractivity contribution in [1.29, 1.82) is 0 Å². The highest BCUT2D eigenvalue weighted by atomic mass is 35.5. The Morgan fingerprint density at radius 2 is 2.11 bits per heavy atom. The second kappa shape index (κ2) is 5.35. The van der Waals surface area contributed by atoms with Crippen LogP contribution in [-0.2, 0) is 10.0 Å². The summed E-state index contributed by atoms with van der Waals surface area (Å²) in [7, 11) is -3.57. The SMILES string of the molecule is NC[C@H]1CCN(S(=O)(=O)c2cc(Cl)ccc2Cl)C1. The highest BCUT2D eigenvalue weighted by Crippen LogP contribution is 2.30. The molecule has 1 aliphatic heterocycles. The maximum absolute atomic E-state index is 12.4. The van der Waals surface area contributed by atoms with Gasteiger partial charge in [-0.2, -0.15) is 4.31 Å². The third-order valence-corrected chi connectivity index (χ3v) is 5.67. The molecule has 1 heterocycles. The van der Waals surface area contributed by atoms with Gasteiger partial charge < -0.3 is 5.73 Å². The van der Waals surface area contributed by atoms with Crippen LogP contribution in [0.25, 0.3) is 0 Å². The molecule has 100 valence electrons. The molecule has 1 atom stereocenters. The quantitative estimate of drug-likeness (QED) is 0.928. The molecule has 0 aliphatic carbocycles. The van der Waals surface area contributed by atoms with Crippen molar-refractivity contribution in [2.45, 2.75) is 11.3 Å². The average Bonchev–Trinajstić information content (AvgIpc) is 2.81. The Morgan fingerprint density at radius 1 is 1.39 bits per heavy atom. The normalized spacial score (nSPS) is 21.4. The lowest BCUT2D eigenvalue weighted by molar-refractivity contribution is 0.459. The van der Waals surface area contributed by atoms with Gasteiger partial charge in [0.2, 0.25) is 10.0 Å². The molecule has 1 fully saturated rings. The van der Waals surface area contributed by atoms with Gasteiger partial charge in [0.25, 0.3) is 0 Å². The van der Waals surface area contributed by atoms with Gasteiger partial charge in [-0.15, -0.1) is 0 Å². The molecule has 7 heteroatoms. The molecule has 0 aromatic heterocycles. The first-order valence-electron chi connectivity index (χ1n) is 5.60. The van der Waals surface area contributed by atoms with Crippen molar-refractivity contribution in [3.63, 3.8) is 0 Å². The van der Waals surface area contributed by atoms with Crippen LogP contribution < -0.4 is 5.73 Å². The fraction of sp³-hybridized carbons (Fsp3) is 0.455. The van der Waals surface area contributed by atoms with Crippen LogP contribution in [0.15, 0.2) is 23.1 Å². The number of benzene rings is 1. The summed E-state index contributed by atoms with van der Waals surface area (Å²) in [4.78, 5) is 0.0642. The molecule has 4 nitrogen and oxygen atoms in total. The van der Waals surface area contributed by atoms with Gasteiger partial charge in [-0.3, -0.25) is 0 Å². The predicted molar refractivity (Wildman–Crippen MR) is 72.4 cm³/mol. The minimum atomic E-state index is -3.57. The second-order valence-corrected chi connectivity index (χ2v) is 7.08. The molecular formula is C11H14Cl2N2O2S. The Bertz CT molecular complexity index is 548. The van der Waals surface area contributed by atoms with Crippen LogP contribution in [0.2, 0.25) is 10.0 Å². The van der Waals surface area contributed by atoms with Gasteiger partial charge >= 0.3 is 0 Å². The van der Waals surface area contributed by atoms with E-state index in [2.05, 4.69) is 0 Å². The Morgan fingerprint density at radius 3 is 2.72 bits per heavy atom. The van der Waals surface area contributed by atoms with Crippen LogP contribution in [0.4, 0.5) is 0 Å². The molecular weight excluding hydrogens is 295 g/mol. The second-order valence-electron chi connectivity index (χ2n) is 4.33. The first kappa shape index (κ1) is 14.1. The van der Waals surface area contributed by atoms with E-state index in [1.807, 2.05) is 0 Å². The summed E-state index contributed by atoms with van der Waals surface area (Å²) in [6.07, 6.45) is 0.786. The Hall–Kier alpha value is -0.330. The van der Waals surface area contributed by atoms with Gasteiger partial charge in [-0.05, 0) is 37.1 Å². The van der Waals surface area contributed by atoms with E-state index in [1.54, 1.807) is 6.07 Å². The lowest BCUT2D eigenvalue weighted by Crippen LogP contribution is -2.30. The maximum atomic E-state index is 12.4. The standard InChI is InChI=1S/C11H14Cl2N2O2S/c12-9-1-2-10(13)11(5-9)18(16,17)15-4-3-8(6-14)7-15/h1-2,5,8H,3-4,6-7,14H2/t8-/m1/s1. The largest absolute Gasteiger partial charge is 0.330 e. The fourth-order valence-electron chi connectivity index (χ4n) is 2.02. The van der Waals surface area contributed by atoms with E-state index in [0.717, 1.165) is 6.42 Å². The molecule has 1 saturated heterocycles. The van der Waals surface area contributed by atoms with E-state index < -0.39 is 10.0 Å². The van der Waals surface area contributed by atoms with E-state index in [-0.39, 0.29) is 15.8 Å². The first-order valence-corrected chi connectivity index (χ1v) is 7.80. The summed E-state index contributed by atoms with van der Waals surface area (Å²) in [5.41, 5.74) is 5.56. The molecule has 1 aliphatic rings. The van der Waals surface area contributed by atoms with Crippen LogP contribution in [0.3, 0.4) is 0 Å². The lowest BCUT2D eigenvalue weighted by atomic mass is 10.1. The van der Waals surface area contributed by atoms with Gasteiger partial charge in [-0.1, -0.05) is 23.2 Å². The van der Waals surface area contributed by atoms with Crippen molar-refractivity contribution in [2.75, 3.05) is 19.6 Å². The zero-order valence-electron chi connectivity index (χ0n) is 9.64. The van der Waals surface area contributed by atoms with Gasteiger partial charge in [0.15, 0.2) is 0 Å². The zero-order chi connectivity index (χ0) is 13.3. The molecule has 18 heavy (non-hydrogen) atoms. The van der Waals surface area contributed by atoms with E-state index in [1.165, 1.54) is 16.4 Å². The van der Waals surface area contributed by atoms with Gasteiger partial charge in [0, 0.05) is 18.1 Å². The number of nitrogens with zero attached hydrogens (tertiary/aromatic N) is 1. The van der Waals surface area contributed by atoms with Crippen LogP contribution in [0, 0.1) is 5.92 Å². The Balaban J connectivity index is 2.34. The summed E-state index contributed by atoms with van der Waals surface area (Å²) >= 11 is 11.8. The van der Waals surface area contributed by atoms with Crippen molar-refractivity contribution in [3.8, 4) is 0 Å². The summed E-state index contributed by atoms with van der Waals surface area (Å²) in [5.74, 6) is 0.220. The highest BCUT2D eigenvalue weighted by molar-refractivity contribution is 7.89. The van der Waals surface area contributed by atoms with Crippen molar-refractivity contribution in [2.24, 2.45) is 11.7 Å². The smallest absolute Gasteiger partial charge is 0.244 e. The topological polar surface area (TPSA) is 63.4 Å². The Kier molecular flexibility index (Phi) is 4.18. The zero-order valence-corrected chi connectivity index (χ0v) is 12.0. The Labute approximate surface area is 117 Å². The molecule has 1 aromatic rings. The van der Waals surface area contributed by atoms with Crippen LogP contribution >= 0.6 is 23.2 Å². The van der Waals surface area contributed by atoms with Crippen LogP contribution in [0.5, 0.6) is 0 Å². The van der Waals surface area contributed by atoms with Crippen molar-refractivity contribution in [1.82, 2.24) is 4.31 Å². The van der Waals surface area contributed by atoms with Crippen molar-refractivity contribution in [3.05, 3.63) is 28.2 Å². The summed E-state index contributed by atoms with van der Waals surface area (Å²) < 4.78 is 26.2. The van der Waals surface area contributed by atoms with E-state index in [9.17, 15) is 8.42 Å².